The summed E-state index contributed by atoms with van der Waals surface area (Å²) < 4.78 is 1.08. The molecule has 58 heavy (non-hydrogen) atoms. The molecule has 26 heteroatoms. The fraction of sp³-hybridized carbons (Fsp3) is 0.438. The van der Waals surface area contributed by atoms with Crippen molar-refractivity contribution in [3.8, 4) is 0 Å². The Morgan fingerprint density at radius 2 is 0.879 bits per heavy atom. The molecule has 0 aromatic heterocycles. The van der Waals surface area contributed by atoms with E-state index >= 15 is 0 Å². The van der Waals surface area contributed by atoms with Gasteiger partial charge < -0.3 is 72.3 Å². The van der Waals surface area contributed by atoms with Crippen LogP contribution in [0, 0.1) is 21.4 Å². The average molecular weight is 1490 g/mol. The minimum absolute atomic E-state index is 0.0145. The maximum atomic E-state index is 14.3. The van der Waals surface area contributed by atoms with Gasteiger partial charge >= 0.3 is 0 Å². The number of hydrogen-bond donors (Lipinski definition) is 13. The number of amides is 6. The van der Waals surface area contributed by atoms with Gasteiger partial charge in [-0.05, 0) is 142 Å². The number of rotatable bonds is 21. The van der Waals surface area contributed by atoms with Crippen LogP contribution in [0.3, 0.4) is 0 Å². The van der Waals surface area contributed by atoms with Crippen LogP contribution in [0.4, 0.5) is 11.4 Å². The highest BCUT2D eigenvalue weighted by Crippen LogP contribution is 2.37. The van der Waals surface area contributed by atoms with Crippen LogP contribution in [-0.2, 0) is 9.59 Å². The molecule has 322 valence electrons. The predicted octanol–water partition coefficient (Wildman–Crippen LogP) is -1.04. The molecule has 3 atom stereocenters. The van der Waals surface area contributed by atoms with Gasteiger partial charge in [0.15, 0.2) is 0 Å². The summed E-state index contributed by atoms with van der Waals surface area (Å²) in [7, 11) is 0. The Morgan fingerprint density at radius 1 is 0.517 bits per heavy atom. The van der Waals surface area contributed by atoms with Crippen molar-refractivity contribution in [2.24, 2.45) is 0 Å². The smallest absolute Gasteiger partial charge is 0.256 e. The SMILES string of the molecule is O=C(CO)Nc1c(I)c(C(=O)NCCCN(CC(O)CO)C(=O)c2c(I)c(NC(=O)CO)c(I)c(C(=O)NCC(O)CO)c2I)c(I)c(C(=O)NCC(O)CO)c1I. The van der Waals surface area contributed by atoms with Crippen LogP contribution in [0.25, 0.3) is 0 Å². The molecule has 0 aliphatic heterocycles. The second-order valence-corrected chi connectivity index (χ2v) is 18.3. The van der Waals surface area contributed by atoms with Crippen LogP contribution in [0.2, 0.25) is 0 Å². The molecule has 2 rings (SSSR count). The summed E-state index contributed by atoms with van der Waals surface area (Å²) in [6, 6.07) is 0. The van der Waals surface area contributed by atoms with E-state index in [0.29, 0.717) is 0 Å². The first-order valence-electron chi connectivity index (χ1n) is 16.5. The van der Waals surface area contributed by atoms with Crippen molar-refractivity contribution in [2.45, 2.75) is 24.7 Å². The number of aliphatic hydroxyl groups is 8. The van der Waals surface area contributed by atoms with Crippen LogP contribution < -0.4 is 26.6 Å². The summed E-state index contributed by atoms with van der Waals surface area (Å²) >= 11 is 10.7. The third kappa shape index (κ3) is 14.4. The van der Waals surface area contributed by atoms with Crippen LogP contribution in [-0.4, -0.2) is 165 Å². The molecule has 0 fully saturated rings. The normalized spacial score (nSPS) is 12.6. The topological polar surface area (TPSA) is 328 Å². The third-order valence-corrected chi connectivity index (χ3v) is 14.1. The molecular formula is C32H38I6N6O14. The Morgan fingerprint density at radius 3 is 1.26 bits per heavy atom. The summed E-state index contributed by atoms with van der Waals surface area (Å²) in [6.45, 7) is -5.14. The van der Waals surface area contributed by atoms with E-state index in [0.717, 1.165) is 0 Å². The third-order valence-electron chi connectivity index (χ3n) is 7.58. The summed E-state index contributed by atoms with van der Waals surface area (Å²) in [4.78, 5) is 80.4. The number of benzene rings is 2. The molecule has 0 saturated heterocycles. The van der Waals surface area contributed by atoms with Gasteiger partial charge in [-0.15, -0.1) is 0 Å². The number of anilines is 2. The van der Waals surface area contributed by atoms with Gasteiger partial charge in [-0.3, -0.25) is 28.8 Å². The van der Waals surface area contributed by atoms with Gasteiger partial charge in [0.05, 0.1) is 86.0 Å². The quantitative estimate of drug-likeness (QED) is 0.0525. The van der Waals surface area contributed by atoms with Gasteiger partial charge in [0.1, 0.15) is 13.2 Å². The monoisotopic (exact) mass is 1490 g/mol. The zero-order valence-corrected chi connectivity index (χ0v) is 42.7. The number of hydrogen-bond acceptors (Lipinski definition) is 14. The minimum atomic E-state index is -1.42. The Kier molecular flexibility index (Phi) is 24.0. The average Bonchev–Trinajstić information content (AvgIpc) is 3.19. The van der Waals surface area contributed by atoms with Crippen molar-refractivity contribution in [3.05, 3.63) is 43.7 Å². The lowest BCUT2D eigenvalue weighted by atomic mass is 10.1. The molecule has 2 aromatic carbocycles. The molecule has 0 bridgehead atoms. The Bertz CT molecular complexity index is 1880. The molecule has 13 N–H and O–H groups in total. The van der Waals surface area contributed by atoms with Crippen LogP contribution in [0.1, 0.15) is 47.9 Å². The van der Waals surface area contributed by atoms with Gasteiger partial charge in [0, 0.05) is 39.9 Å². The molecule has 0 heterocycles. The molecule has 0 aliphatic rings. The van der Waals surface area contributed by atoms with Crippen molar-refractivity contribution in [2.75, 3.05) is 76.4 Å². The van der Waals surface area contributed by atoms with Crippen molar-refractivity contribution in [1.29, 1.82) is 0 Å². The Labute approximate surface area is 412 Å². The molecule has 0 aliphatic carbocycles. The number of nitrogens with one attached hydrogen (secondary N) is 5. The summed E-state index contributed by atoms with van der Waals surface area (Å²) in [6.07, 6.45) is -3.93. The molecule has 20 nitrogen and oxygen atoms in total. The number of carbonyl (C=O) groups is 6. The highest BCUT2D eigenvalue weighted by Gasteiger charge is 2.32. The fourth-order valence-electron chi connectivity index (χ4n) is 4.72. The van der Waals surface area contributed by atoms with Gasteiger partial charge in [-0.2, -0.15) is 0 Å². The lowest BCUT2D eigenvalue weighted by molar-refractivity contribution is -0.119. The highest BCUT2D eigenvalue weighted by atomic mass is 127. The first-order chi connectivity index (χ1) is 27.3. The van der Waals surface area contributed by atoms with E-state index in [-0.39, 0.29) is 87.6 Å². The Hall–Kier alpha value is -0.680. The largest absolute Gasteiger partial charge is 0.394 e. The van der Waals surface area contributed by atoms with Gasteiger partial charge in [0.2, 0.25) is 11.8 Å². The maximum absolute atomic E-state index is 14.3. The standard InChI is InChI=1S/C32H38I6N6O14/c33-21-17(23(35)27(42-15(53)10-48)24(36)18(21)30(56)40-4-12(50)7-45)29(55)39-2-1-3-44(6-14(52)9-47)32(58)20-22(34)19(31(57)41-5-13(51)8-46)25(37)28(26(20)38)43-16(54)11-49/h12-14,45-52H,1-11H2,(H,39,55)(H,40,56)(H,41,57)(H,42,53)(H,43,54). The summed E-state index contributed by atoms with van der Waals surface area (Å²) in [5, 5.41) is 89.4. The zero-order chi connectivity index (χ0) is 44.0. The van der Waals surface area contributed by atoms with Crippen LogP contribution >= 0.6 is 136 Å². The van der Waals surface area contributed by atoms with Gasteiger partial charge in [-0.1, -0.05) is 0 Å². The van der Waals surface area contributed by atoms with Crippen molar-refractivity contribution >= 4 is 182 Å². The highest BCUT2D eigenvalue weighted by molar-refractivity contribution is 14.1. The summed E-state index contributed by atoms with van der Waals surface area (Å²) in [5.41, 5.74) is -0.150. The lowest BCUT2D eigenvalue weighted by Crippen LogP contribution is -2.42. The van der Waals surface area contributed by atoms with E-state index in [9.17, 15) is 64.5 Å². The molecule has 3 unspecified atom stereocenters. The van der Waals surface area contributed by atoms with Crippen molar-refractivity contribution in [1.82, 2.24) is 20.9 Å². The number of nitrogens with zero attached hydrogens (tertiary/aromatic N) is 1. The first-order valence-corrected chi connectivity index (χ1v) is 23.0. The predicted molar refractivity (Wildman–Crippen MR) is 257 cm³/mol. The molecule has 0 radical (unpaired) electrons. The van der Waals surface area contributed by atoms with Gasteiger partial charge in [-0.25, -0.2) is 0 Å². The van der Waals surface area contributed by atoms with Crippen LogP contribution in [0.5, 0.6) is 0 Å². The van der Waals surface area contributed by atoms with E-state index in [1.54, 1.807) is 113 Å². The second kappa shape index (κ2) is 26.1. The van der Waals surface area contributed by atoms with E-state index in [4.69, 9.17) is 5.11 Å². The van der Waals surface area contributed by atoms with Crippen molar-refractivity contribution < 1.29 is 69.6 Å². The van der Waals surface area contributed by atoms with Gasteiger partial charge in [0.25, 0.3) is 23.6 Å². The van der Waals surface area contributed by atoms with Crippen molar-refractivity contribution in [3.63, 3.8) is 0 Å². The first kappa shape index (κ1) is 53.5. The van der Waals surface area contributed by atoms with E-state index < -0.39 is 93.3 Å². The van der Waals surface area contributed by atoms with Crippen LogP contribution in [0.15, 0.2) is 0 Å². The summed E-state index contributed by atoms with van der Waals surface area (Å²) in [5.74, 6) is -4.62. The molecule has 0 saturated carbocycles. The minimum Gasteiger partial charge on any atom is -0.394 e. The van der Waals surface area contributed by atoms with E-state index in [1.807, 2.05) is 22.6 Å². The lowest BCUT2D eigenvalue weighted by Gasteiger charge is -2.27. The molecule has 0 spiro atoms. The number of carbonyl (C=O) groups excluding carboxylic acids is 6. The maximum Gasteiger partial charge on any atom is 0.256 e. The van der Waals surface area contributed by atoms with E-state index in [1.165, 1.54) is 4.90 Å². The molecule has 6 amide bonds. The fourth-order valence-corrected chi connectivity index (χ4v) is 13.5. The zero-order valence-electron chi connectivity index (χ0n) is 29.8. The number of aliphatic hydroxyl groups excluding tert-OH is 8. The van der Waals surface area contributed by atoms with E-state index in [2.05, 4.69) is 26.6 Å². The molecule has 2 aromatic rings. The molecular weight excluding hydrogens is 1450 g/mol. The second-order valence-electron chi connectivity index (χ2n) is 11.8. The number of halogens is 6. The Balaban J connectivity index is 2.53.